The van der Waals surface area contributed by atoms with Crippen molar-refractivity contribution < 1.29 is 13.9 Å². The summed E-state index contributed by atoms with van der Waals surface area (Å²) in [5.41, 5.74) is 5.19. The van der Waals surface area contributed by atoms with Crippen LogP contribution < -0.4 is 15.8 Å². The topological polar surface area (TPSA) is 64.3 Å². The second kappa shape index (κ2) is 6.89. The van der Waals surface area contributed by atoms with Crippen LogP contribution in [0.15, 0.2) is 18.2 Å². The zero-order chi connectivity index (χ0) is 16.2. The van der Waals surface area contributed by atoms with Gasteiger partial charge in [-0.2, -0.15) is 0 Å². The zero-order valence-electron chi connectivity index (χ0n) is 13.4. The molecule has 2 unspecified atom stereocenters. The Labute approximate surface area is 125 Å². The highest BCUT2D eigenvalue weighted by molar-refractivity contribution is 5.84. The highest BCUT2D eigenvalue weighted by Gasteiger charge is 2.33. The predicted molar refractivity (Wildman–Crippen MR) is 81.7 cm³/mol. The molecule has 21 heavy (non-hydrogen) atoms. The molecule has 3 N–H and O–H groups in total. The number of benzene rings is 1. The Morgan fingerprint density at radius 1 is 1.43 bits per heavy atom. The second-order valence-electron chi connectivity index (χ2n) is 6.04. The number of primary amides is 1. The van der Waals surface area contributed by atoms with E-state index in [4.69, 9.17) is 10.5 Å². The van der Waals surface area contributed by atoms with Gasteiger partial charge in [-0.15, -0.1) is 0 Å². The largest absolute Gasteiger partial charge is 0.491 e. The summed E-state index contributed by atoms with van der Waals surface area (Å²) in [5.74, 6) is -0.290. The smallest absolute Gasteiger partial charge is 0.237 e. The number of nitrogens with one attached hydrogen (secondary N) is 1. The predicted octanol–water partition coefficient (Wildman–Crippen LogP) is 2.53. The van der Waals surface area contributed by atoms with Crippen molar-refractivity contribution in [3.8, 4) is 5.75 Å². The summed E-state index contributed by atoms with van der Waals surface area (Å²) < 4.78 is 19.2. The maximum absolute atomic E-state index is 13.5. The van der Waals surface area contributed by atoms with Crippen LogP contribution in [0.3, 0.4) is 0 Å². The molecule has 4 nitrogen and oxygen atoms in total. The van der Waals surface area contributed by atoms with Crippen molar-refractivity contribution in [2.75, 3.05) is 0 Å². The van der Waals surface area contributed by atoms with Gasteiger partial charge in [-0.1, -0.05) is 6.07 Å². The Kier molecular flexibility index (Phi) is 5.72. The molecule has 2 atom stereocenters. The lowest BCUT2D eigenvalue weighted by molar-refractivity contribution is -0.125. The van der Waals surface area contributed by atoms with E-state index >= 15 is 0 Å². The van der Waals surface area contributed by atoms with Gasteiger partial charge < -0.3 is 15.8 Å². The molecule has 5 heteroatoms. The van der Waals surface area contributed by atoms with Crippen LogP contribution in [0.1, 0.15) is 39.7 Å². The summed E-state index contributed by atoms with van der Waals surface area (Å²) in [6, 6.07) is 4.85. The average molecular weight is 296 g/mol. The van der Waals surface area contributed by atoms with Gasteiger partial charge in [-0.3, -0.25) is 4.79 Å². The molecule has 1 aromatic rings. The number of amides is 1. The van der Waals surface area contributed by atoms with Gasteiger partial charge in [-0.05, 0) is 46.2 Å². The van der Waals surface area contributed by atoms with Crippen molar-refractivity contribution in [3.63, 3.8) is 0 Å². The monoisotopic (exact) mass is 296 g/mol. The van der Waals surface area contributed by atoms with E-state index in [-0.39, 0.29) is 18.0 Å². The van der Waals surface area contributed by atoms with Crippen molar-refractivity contribution in [2.24, 2.45) is 5.73 Å². The van der Waals surface area contributed by atoms with Crippen LogP contribution in [0.4, 0.5) is 4.39 Å². The van der Waals surface area contributed by atoms with Gasteiger partial charge in [0.15, 0.2) is 0 Å². The van der Waals surface area contributed by atoms with E-state index < -0.39 is 11.4 Å². The summed E-state index contributed by atoms with van der Waals surface area (Å²) >= 11 is 0. The summed E-state index contributed by atoms with van der Waals surface area (Å²) in [6.07, 6.45) is 0.117. The molecule has 0 aliphatic carbocycles. The van der Waals surface area contributed by atoms with Crippen LogP contribution in [0.5, 0.6) is 5.75 Å². The number of hydrogen-bond donors (Lipinski definition) is 2. The van der Waals surface area contributed by atoms with Crippen LogP contribution >= 0.6 is 0 Å². The van der Waals surface area contributed by atoms with Crippen molar-refractivity contribution in [3.05, 3.63) is 29.6 Å². The molecule has 0 saturated carbocycles. The SMILES string of the molecule is Cc1ccc(OC(C)CC(C)(NC(C)C)C(N)=O)cc1F. The molecule has 1 amide bonds. The molecular formula is C16H25FN2O2. The van der Waals surface area contributed by atoms with Gasteiger partial charge in [0.25, 0.3) is 0 Å². The van der Waals surface area contributed by atoms with Crippen molar-refractivity contribution in [1.29, 1.82) is 0 Å². The molecule has 0 spiro atoms. The third kappa shape index (κ3) is 5.01. The van der Waals surface area contributed by atoms with E-state index in [9.17, 15) is 9.18 Å². The molecule has 1 aromatic carbocycles. The summed E-state index contributed by atoms with van der Waals surface area (Å²) in [5, 5.41) is 3.16. The van der Waals surface area contributed by atoms with Gasteiger partial charge >= 0.3 is 0 Å². The fourth-order valence-electron chi connectivity index (χ4n) is 2.36. The van der Waals surface area contributed by atoms with Crippen molar-refractivity contribution in [1.82, 2.24) is 5.32 Å². The average Bonchev–Trinajstić information content (AvgIpc) is 2.32. The molecule has 0 bridgehead atoms. The van der Waals surface area contributed by atoms with E-state index in [1.54, 1.807) is 26.0 Å². The highest BCUT2D eigenvalue weighted by Crippen LogP contribution is 2.21. The Hall–Kier alpha value is -1.62. The Bertz CT molecular complexity index is 505. The Morgan fingerprint density at radius 3 is 2.52 bits per heavy atom. The van der Waals surface area contributed by atoms with Crippen LogP contribution in [0, 0.1) is 12.7 Å². The second-order valence-corrected chi connectivity index (χ2v) is 6.04. The number of carbonyl (C=O) groups is 1. The number of nitrogens with two attached hydrogens (primary N) is 1. The number of carbonyl (C=O) groups excluding carboxylic acids is 1. The minimum atomic E-state index is -0.864. The first-order valence-corrected chi connectivity index (χ1v) is 7.14. The minimum Gasteiger partial charge on any atom is -0.491 e. The maximum Gasteiger partial charge on any atom is 0.237 e. The lowest BCUT2D eigenvalue weighted by Crippen LogP contribution is -2.57. The number of hydrogen-bond acceptors (Lipinski definition) is 3. The molecule has 0 aliphatic heterocycles. The quantitative estimate of drug-likeness (QED) is 0.812. The first kappa shape index (κ1) is 17.4. The molecule has 0 aromatic heterocycles. The van der Waals surface area contributed by atoms with Crippen LogP contribution in [-0.2, 0) is 4.79 Å². The van der Waals surface area contributed by atoms with Gasteiger partial charge in [-0.25, -0.2) is 4.39 Å². The molecule has 0 aliphatic rings. The molecule has 0 fully saturated rings. The van der Waals surface area contributed by atoms with E-state index in [0.29, 0.717) is 17.7 Å². The third-order valence-corrected chi connectivity index (χ3v) is 3.33. The molecule has 0 saturated heterocycles. The van der Waals surface area contributed by atoms with Gasteiger partial charge in [0.2, 0.25) is 5.91 Å². The summed E-state index contributed by atoms with van der Waals surface area (Å²) in [6.45, 7) is 9.18. The number of ether oxygens (including phenoxy) is 1. The van der Waals surface area contributed by atoms with E-state index in [1.807, 2.05) is 20.8 Å². The lowest BCUT2D eigenvalue weighted by Gasteiger charge is -2.32. The molecule has 1 rings (SSSR count). The van der Waals surface area contributed by atoms with Crippen molar-refractivity contribution >= 4 is 5.91 Å². The van der Waals surface area contributed by atoms with Crippen LogP contribution in [0.2, 0.25) is 0 Å². The van der Waals surface area contributed by atoms with Crippen LogP contribution in [-0.4, -0.2) is 23.6 Å². The number of rotatable bonds is 7. The summed E-state index contributed by atoms with van der Waals surface area (Å²) in [7, 11) is 0. The molecule has 118 valence electrons. The number of aryl methyl sites for hydroxylation is 1. The van der Waals surface area contributed by atoms with E-state index in [1.165, 1.54) is 6.07 Å². The molecular weight excluding hydrogens is 271 g/mol. The van der Waals surface area contributed by atoms with Gasteiger partial charge in [0, 0.05) is 18.5 Å². The lowest BCUT2D eigenvalue weighted by atomic mass is 9.93. The molecule has 0 radical (unpaired) electrons. The van der Waals surface area contributed by atoms with E-state index in [2.05, 4.69) is 5.32 Å². The number of halogens is 1. The van der Waals surface area contributed by atoms with E-state index in [0.717, 1.165) is 0 Å². The third-order valence-electron chi connectivity index (χ3n) is 3.33. The molecule has 0 heterocycles. The first-order chi connectivity index (χ1) is 9.64. The summed E-state index contributed by atoms with van der Waals surface area (Å²) in [4.78, 5) is 11.7. The normalized spacial score (nSPS) is 15.6. The Balaban J connectivity index is 2.76. The van der Waals surface area contributed by atoms with Crippen LogP contribution in [0.25, 0.3) is 0 Å². The fourth-order valence-corrected chi connectivity index (χ4v) is 2.36. The maximum atomic E-state index is 13.5. The highest BCUT2D eigenvalue weighted by atomic mass is 19.1. The standard InChI is InChI=1S/C16H25FN2O2/c1-10(2)19-16(5,15(18)20)9-12(4)21-13-7-6-11(3)14(17)8-13/h6-8,10,12,19H,9H2,1-5H3,(H2,18,20). The zero-order valence-corrected chi connectivity index (χ0v) is 13.4. The van der Waals surface area contributed by atoms with Crippen molar-refractivity contribution in [2.45, 2.75) is 58.7 Å². The van der Waals surface area contributed by atoms with Gasteiger partial charge in [0.1, 0.15) is 11.6 Å². The first-order valence-electron chi connectivity index (χ1n) is 7.14. The minimum absolute atomic E-state index is 0.117. The fraction of sp³-hybridized carbons (Fsp3) is 0.562. The van der Waals surface area contributed by atoms with Gasteiger partial charge in [0.05, 0.1) is 11.6 Å². The Morgan fingerprint density at radius 2 is 2.05 bits per heavy atom.